The van der Waals surface area contributed by atoms with E-state index in [4.69, 9.17) is 5.11 Å². The molecule has 0 aromatic rings. The number of carbonyl (C=O) groups excluding carboxylic acids is 1. The van der Waals surface area contributed by atoms with E-state index in [0.29, 0.717) is 0 Å². The van der Waals surface area contributed by atoms with Crippen molar-refractivity contribution < 1.29 is 14.7 Å². The Morgan fingerprint density at radius 3 is 1.90 bits per heavy atom. The van der Waals surface area contributed by atoms with Gasteiger partial charge in [0.2, 0.25) is 5.78 Å². The van der Waals surface area contributed by atoms with Gasteiger partial charge in [0.05, 0.1) is 0 Å². The summed E-state index contributed by atoms with van der Waals surface area (Å²) in [6.45, 7) is 3.61. The molecule has 0 atom stereocenters. The molecule has 0 bridgehead atoms. The number of hydrogen-bond donors (Lipinski definition) is 1. The molecule has 0 heterocycles. The van der Waals surface area contributed by atoms with Crippen LogP contribution in [0.5, 0.6) is 0 Å². The molecular weight excluding hydrogens is 144 g/mol. The minimum atomic E-state index is -1.33. The fraction of sp³-hybridized carbons (Fsp3) is 0.667. The van der Waals surface area contributed by atoms with E-state index in [2.05, 4.69) is 0 Å². The molecule has 10 heavy (non-hydrogen) atoms. The van der Waals surface area contributed by atoms with Gasteiger partial charge >= 0.3 is 5.97 Å². The van der Waals surface area contributed by atoms with Crippen LogP contribution in [0.3, 0.4) is 0 Å². The number of rotatable bonds is 3. The topological polar surface area (TPSA) is 54.4 Å². The Labute approximate surface area is 82.1 Å². The van der Waals surface area contributed by atoms with Gasteiger partial charge in [-0.2, -0.15) is 0 Å². The Balaban J connectivity index is 0. The van der Waals surface area contributed by atoms with Crippen molar-refractivity contribution in [1.82, 2.24) is 0 Å². The van der Waals surface area contributed by atoms with Crippen LogP contribution in [0.4, 0.5) is 0 Å². The van der Waals surface area contributed by atoms with E-state index >= 15 is 0 Å². The fourth-order valence-corrected chi connectivity index (χ4v) is 0.458. The summed E-state index contributed by atoms with van der Waals surface area (Å²) in [5, 5.41) is 8.08. The summed E-state index contributed by atoms with van der Waals surface area (Å²) in [6.07, 6.45) is 0.134. The number of hydrogen-bond acceptors (Lipinski definition) is 2. The predicted octanol–water partition coefficient (Wildman–Crippen LogP) is 0.305. The molecule has 0 aliphatic heterocycles. The molecule has 53 valence electrons. The van der Waals surface area contributed by atoms with Gasteiger partial charge in [0.1, 0.15) is 0 Å². The van der Waals surface area contributed by atoms with Crippen molar-refractivity contribution in [2.45, 2.75) is 20.3 Å². The monoisotopic (exact) mass is 154 g/mol. The third-order valence-corrected chi connectivity index (χ3v) is 0.832. The Morgan fingerprint density at radius 2 is 1.80 bits per heavy atom. The molecule has 1 N–H and O–H groups in total. The summed E-state index contributed by atoms with van der Waals surface area (Å²) in [7, 11) is 0. The summed E-state index contributed by atoms with van der Waals surface area (Å²) in [4.78, 5) is 20.2. The van der Waals surface area contributed by atoms with E-state index in [1.54, 1.807) is 13.8 Å². The Kier molecular flexibility index (Phi) is 7.53. The summed E-state index contributed by atoms with van der Waals surface area (Å²) < 4.78 is 0. The van der Waals surface area contributed by atoms with E-state index < -0.39 is 11.8 Å². The number of aliphatic carboxylic acids is 1. The zero-order valence-electron chi connectivity index (χ0n) is 6.55. The molecule has 0 aromatic carbocycles. The maximum atomic E-state index is 10.4. The van der Waals surface area contributed by atoms with E-state index in [-0.39, 0.29) is 41.9 Å². The van der Waals surface area contributed by atoms with Gasteiger partial charge < -0.3 is 5.11 Å². The zero-order chi connectivity index (χ0) is 7.44. The first-order valence-corrected chi connectivity index (χ1v) is 2.80. The van der Waals surface area contributed by atoms with Crippen LogP contribution in [-0.2, 0) is 9.59 Å². The second kappa shape index (κ2) is 5.89. The molecule has 0 fully saturated rings. The molecule has 3 nitrogen and oxygen atoms in total. The van der Waals surface area contributed by atoms with Gasteiger partial charge in [0.15, 0.2) is 0 Å². The average molecular weight is 154 g/mol. The zero-order valence-corrected chi connectivity index (χ0v) is 8.55. The van der Waals surface area contributed by atoms with Gasteiger partial charge in [-0.25, -0.2) is 4.79 Å². The van der Waals surface area contributed by atoms with Crippen molar-refractivity contribution in [3.8, 4) is 0 Å². The first kappa shape index (κ1) is 12.8. The number of ketones is 1. The van der Waals surface area contributed by atoms with Crippen LogP contribution in [0, 0.1) is 5.92 Å². The summed E-state index contributed by atoms with van der Waals surface area (Å²) in [5.41, 5.74) is 0. The van der Waals surface area contributed by atoms with E-state index in [1.807, 2.05) is 0 Å². The second-order valence-corrected chi connectivity index (χ2v) is 2.33. The SMILES string of the molecule is CC(C)CC(=O)[13C](=O)O.[Na]. The Morgan fingerprint density at radius 1 is 1.40 bits per heavy atom. The van der Waals surface area contributed by atoms with Crippen LogP contribution < -0.4 is 0 Å². The quantitative estimate of drug-likeness (QED) is 0.361. The van der Waals surface area contributed by atoms with Crippen LogP contribution in [0.2, 0.25) is 0 Å². The standard InChI is InChI=1S/C6H10O3.Na/c1-4(2)3-5(7)6(8)9;/h4H,3H2,1-2H3,(H,8,9);/i6+1;. The normalized spacial score (nSPS) is 8.70. The molecule has 0 aliphatic carbocycles. The molecular formula is C6H10NaO3. The molecule has 0 rings (SSSR count). The maximum Gasteiger partial charge on any atom is 0.372 e. The number of carboxylic acids is 1. The van der Waals surface area contributed by atoms with Crippen LogP contribution in [0.1, 0.15) is 20.3 Å². The molecule has 0 spiro atoms. The average Bonchev–Trinajstić information content (AvgIpc) is 1.63. The van der Waals surface area contributed by atoms with Gasteiger partial charge in [0.25, 0.3) is 0 Å². The maximum absolute atomic E-state index is 10.4. The van der Waals surface area contributed by atoms with Gasteiger partial charge in [-0.15, -0.1) is 0 Å². The summed E-state index contributed by atoms with van der Waals surface area (Å²) >= 11 is 0. The van der Waals surface area contributed by atoms with Crippen molar-refractivity contribution >= 4 is 41.3 Å². The van der Waals surface area contributed by atoms with Crippen molar-refractivity contribution in [3.05, 3.63) is 0 Å². The number of carbonyl (C=O) groups is 2. The van der Waals surface area contributed by atoms with Crippen molar-refractivity contribution in [3.63, 3.8) is 0 Å². The second-order valence-electron chi connectivity index (χ2n) is 2.33. The van der Waals surface area contributed by atoms with E-state index in [9.17, 15) is 9.59 Å². The molecule has 0 saturated carbocycles. The Bertz CT molecular complexity index is 131. The molecule has 4 heteroatoms. The Hall–Kier alpha value is 0.140. The van der Waals surface area contributed by atoms with E-state index in [0.717, 1.165) is 0 Å². The summed E-state index contributed by atoms with van der Waals surface area (Å²) in [5.74, 6) is -1.90. The molecule has 0 saturated heterocycles. The van der Waals surface area contributed by atoms with Gasteiger partial charge in [-0.3, -0.25) is 4.79 Å². The molecule has 0 aromatic heterocycles. The molecule has 1 radical (unpaired) electrons. The van der Waals surface area contributed by atoms with Crippen LogP contribution >= 0.6 is 0 Å². The number of carboxylic acid groups (broad SMARTS) is 1. The summed E-state index contributed by atoms with van der Waals surface area (Å²) in [6, 6.07) is 0. The number of Topliss-reactive ketones (excluding diaryl/α,β-unsaturated/α-hetero) is 1. The first-order valence-electron chi connectivity index (χ1n) is 2.80. The van der Waals surface area contributed by atoms with Crippen molar-refractivity contribution in [2.24, 2.45) is 5.92 Å². The van der Waals surface area contributed by atoms with E-state index in [1.165, 1.54) is 0 Å². The smallest absolute Gasteiger partial charge is 0.372 e. The third kappa shape index (κ3) is 6.26. The minimum Gasteiger partial charge on any atom is -0.476 e. The first-order chi connectivity index (χ1) is 4.04. The minimum absolute atomic E-state index is 0. The molecule has 0 unspecified atom stereocenters. The fourth-order valence-electron chi connectivity index (χ4n) is 0.458. The van der Waals surface area contributed by atoms with Crippen LogP contribution in [0.15, 0.2) is 0 Å². The van der Waals surface area contributed by atoms with Gasteiger partial charge in [0, 0.05) is 36.0 Å². The third-order valence-electron chi connectivity index (χ3n) is 0.832. The van der Waals surface area contributed by atoms with Crippen LogP contribution in [0.25, 0.3) is 0 Å². The van der Waals surface area contributed by atoms with Crippen LogP contribution in [-0.4, -0.2) is 46.4 Å². The molecule has 0 aliphatic rings. The molecule has 0 amide bonds. The van der Waals surface area contributed by atoms with Gasteiger partial charge in [-0.1, -0.05) is 13.8 Å². The largest absolute Gasteiger partial charge is 0.476 e. The predicted molar refractivity (Wildman–Crippen MR) is 37.9 cm³/mol. The van der Waals surface area contributed by atoms with Gasteiger partial charge in [-0.05, 0) is 5.92 Å². The van der Waals surface area contributed by atoms with Crippen molar-refractivity contribution in [1.29, 1.82) is 0 Å². The van der Waals surface area contributed by atoms with Crippen molar-refractivity contribution in [2.75, 3.05) is 0 Å².